The van der Waals surface area contributed by atoms with Gasteiger partial charge in [-0.15, -0.1) is 11.8 Å². The second kappa shape index (κ2) is 9.79. The highest BCUT2D eigenvalue weighted by molar-refractivity contribution is 7.98. The van der Waals surface area contributed by atoms with Crippen LogP contribution in [0.2, 0.25) is 0 Å². The molecule has 2 aromatic carbocycles. The van der Waals surface area contributed by atoms with E-state index in [2.05, 4.69) is 20.1 Å². The van der Waals surface area contributed by atoms with Gasteiger partial charge < -0.3 is 20.1 Å². The van der Waals surface area contributed by atoms with Crippen LogP contribution in [0.25, 0.3) is 22.8 Å². The summed E-state index contributed by atoms with van der Waals surface area (Å²) in [6.45, 7) is 2.46. The van der Waals surface area contributed by atoms with E-state index in [-0.39, 0.29) is 24.2 Å². The van der Waals surface area contributed by atoms with Crippen molar-refractivity contribution in [1.82, 2.24) is 24.8 Å². The van der Waals surface area contributed by atoms with Crippen molar-refractivity contribution in [3.05, 3.63) is 60.4 Å². The van der Waals surface area contributed by atoms with Crippen molar-refractivity contribution in [3.63, 3.8) is 0 Å². The maximum atomic E-state index is 13.2. The Kier molecular flexibility index (Phi) is 6.41. The van der Waals surface area contributed by atoms with E-state index in [4.69, 9.17) is 10.3 Å². The number of nitrogens with two attached hydrogens (primary N) is 1. The number of hydrogen-bond donors (Lipinski definition) is 1. The maximum absolute atomic E-state index is 13.2. The first-order valence-electron chi connectivity index (χ1n) is 11.1. The van der Waals surface area contributed by atoms with Crippen molar-refractivity contribution in [2.24, 2.45) is 0 Å². The van der Waals surface area contributed by atoms with Gasteiger partial charge in [-0.25, -0.2) is 9.07 Å². The summed E-state index contributed by atoms with van der Waals surface area (Å²) in [7, 11) is 0. The lowest BCUT2D eigenvalue weighted by molar-refractivity contribution is -0.132. The van der Waals surface area contributed by atoms with Crippen LogP contribution >= 0.6 is 11.8 Å². The largest absolute Gasteiger partial charge is 0.383 e. The van der Waals surface area contributed by atoms with Crippen LogP contribution in [-0.2, 0) is 11.3 Å². The highest BCUT2D eigenvalue weighted by Crippen LogP contribution is 2.35. The SMILES string of the molecule is CSc1nn(CC(=O)N2CCN(c3ccc(F)cc3)CC2)c(N)c1-c1nc(-c2ccccc2)no1. The molecule has 180 valence electrons. The Bertz CT molecular complexity index is 1320. The van der Waals surface area contributed by atoms with Gasteiger partial charge in [0.05, 0.1) is 0 Å². The lowest BCUT2D eigenvalue weighted by Crippen LogP contribution is -2.49. The van der Waals surface area contributed by atoms with Crippen LogP contribution in [0.15, 0.2) is 64.1 Å². The fourth-order valence-corrected chi connectivity index (χ4v) is 4.62. The Morgan fingerprint density at radius 2 is 1.80 bits per heavy atom. The van der Waals surface area contributed by atoms with Gasteiger partial charge >= 0.3 is 0 Å². The van der Waals surface area contributed by atoms with Gasteiger partial charge in [0.15, 0.2) is 0 Å². The minimum absolute atomic E-state index is 0.00954. The first-order chi connectivity index (χ1) is 17.0. The third kappa shape index (κ3) is 4.72. The molecule has 0 spiro atoms. The molecule has 1 aliphatic rings. The van der Waals surface area contributed by atoms with Gasteiger partial charge in [-0.1, -0.05) is 35.5 Å². The molecule has 4 aromatic rings. The summed E-state index contributed by atoms with van der Waals surface area (Å²) in [5.41, 5.74) is 8.70. The molecule has 35 heavy (non-hydrogen) atoms. The van der Waals surface area contributed by atoms with Crippen LogP contribution in [0, 0.1) is 5.82 Å². The molecule has 0 radical (unpaired) electrons. The number of carbonyl (C=O) groups is 1. The van der Waals surface area contributed by atoms with Crippen molar-refractivity contribution in [2.45, 2.75) is 11.6 Å². The Balaban J connectivity index is 1.29. The normalized spacial score (nSPS) is 13.9. The molecule has 0 unspecified atom stereocenters. The number of amides is 1. The average Bonchev–Trinajstić information content (AvgIpc) is 3.49. The highest BCUT2D eigenvalue weighted by atomic mass is 32.2. The highest BCUT2D eigenvalue weighted by Gasteiger charge is 2.26. The van der Waals surface area contributed by atoms with Crippen molar-refractivity contribution in [3.8, 4) is 22.8 Å². The molecule has 11 heteroatoms. The van der Waals surface area contributed by atoms with Gasteiger partial charge in [0.25, 0.3) is 5.89 Å². The van der Waals surface area contributed by atoms with Gasteiger partial charge in [0, 0.05) is 37.4 Å². The first-order valence-corrected chi connectivity index (χ1v) is 12.3. The zero-order valence-corrected chi connectivity index (χ0v) is 19.9. The minimum Gasteiger partial charge on any atom is -0.383 e. The van der Waals surface area contributed by atoms with E-state index >= 15 is 0 Å². The molecular formula is C24H24FN7O2S. The van der Waals surface area contributed by atoms with E-state index in [1.54, 1.807) is 17.0 Å². The fourth-order valence-electron chi connectivity index (χ4n) is 4.04. The third-order valence-electron chi connectivity index (χ3n) is 5.93. The summed E-state index contributed by atoms with van der Waals surface area (Å²) in [6, 6.07) is 15.9. The van der Waals surface area contributed by atoms with E-state index in [1.807, 2.05) is 36.6 Å². The minimum atomic E-state index is -0.264. The molecule has 0 saturated carbocycles. The van der Waals surface area contributed by atoms with Crippen molar-refractivity contribution >= 4 is 29.2 Å². The Morgan fingerprint density at radius 1 is 1.09 bits per heavy atom. The molecule has 1 saturated heterocycles. The lowest BCUT2D eigenvalue weighted by Gasteiger charge is -2.36. The molecule has 9 nitrogen and oxygen atoms in total. The summed E-state index contributed by atoms with van der Waals surface area (Å²) in [6.07, 6.45) is 1.88. The number of halogens is 1. The topological polar surface area (TPSA) is 106 Å². The number of anilines is 2. The second-order valence-corrected chi connectivity index (χ2v) is 8.86. The predicted octanol–water partition coefficient (Wildman–Crippen LogP) is 3.39. The molecule has 1 amide bonds. The molecule has 2 N–H and O–H groups in total. The van der Waals surface area contributed by atoms with E-state index in [9.17, 15) is 9.18 Å². The van der Waals surface area contributed by atoms with Crippen LogP contribution in [-0.4, -0.2) is 63.2 Å². The molecule has 3 heterocycles. The van der Waals surface area contributed by atoms with Gasteiger partial charge in [0.2, 0.25) is 11.7 Å². The number of aromatic nitrogens is 4. The van der Waals surface area contributed by atoms with Crippen LogP contribution in [0.5, 0.6) is 0 Å². The monoisotopic (exact) mass is 493 g/mol. The van der Waals surface area contributed by atoms with Gasteiger partial charge in [-0.2, -0.15) is 10.1 Å². The molecule has 5 rings (SSSR count). The van der Waals surface area contributed by atoms with Crippen LogP contribution < -0.4 is 10.6 Å². The van der Waals surface area contributed by atoms with Crippen LogP contribution in [0.1, 0.15) is 0 Å². The molecule has 0 bridgehead atoms. The Hall–Kier alpha value is -3.86. The van der Waals surface area contributed by atoms with Crippen molar-refractivity contribution in [2.75, 3.05) is 43.1 Å². The average molecular weight is 494 g/mol. The zero-order valence-electron chi connectivity index (χ0n) is 19.1. The summed E-state index contributed by atoms with van der Waals surface area (Å²) < 4.78 is 20.2. The number of benzene rings is 2. The van der Waals surface area contributed by atoms with Gasteiger partial charge in [0.1, 0.15) is 28.8 Å². The second-order valence-electron chi connectivity index (χ2n) is 8.06. The number of rotatable bonds is 6. The number of thioether (sulfide) groups is 1. The quantitative estimate of drug-likeness (QED) is 0.408. The maximum Gasteiger partial charge on any atom is 0.264 e. The van der Waals surface area contributed by atoms with Crippen LogP contribution in [0.3, 0.4) is 0 Å². The summed E-state index contributed by atoms with van der Waals surface area (Å²) in [5, 5.41) is 9.21. The Labute approximate surface area is 205 Å². The number of nitrogen functional groups attached to an aromatic ring is 1. The standard InChI is InChI=1S/C24H24FN7O2S/c1-35-24-20(23-27-22(29-34-23)16-5-3-2-4-6-16)21(26)32(28-24)15-19(33)31-13-11-30(12-14-31)18-9-7-17(25)8-10-18/h2-10H,11-15,26H2,1H3. The summed E-state index contributed by atoms with van der Waals surface area (Å²) in [5.74, 6) is 0.677. The fraction of sp³-hybridized carbons (Fsp3) is 0.250. The molecule has 0 atom stereocenters. The zero-order chi connectivity index (χ0) is 24.4. The lowest BCUT2D eigenvalue weighted by atomic mass is 10.2. The van der Waals surface area contributed by atoms with Crippen LogP contribution in [0.4, 0.5) is 15.9 Å². The molecular weight excluding hydrogens is 469 g/mol. The summed E-state index contributed by atoms with van der Waals surface area (Å²) in [4.78, 5) is 21.4. The van der Waals surface area contributed by atoms with E-state index in [0.717, 1.165) is 11.3 Å². The predicted molar refractivity (Wildman–Crippen MR) is 132 cm³/mol. The number of nitrogens with zero attached hydrogens (tertiary/aromatic N) is 6. The van der Waals surface area contributed by atoms with Gasteiger partial charge in [-0.05, 0) is 30.5 Å². The molecule has 2 aromatic heterocycles. The number of hydrogen-bond acceptors (Lipinski definition) is 8. The summed E-state index contributed by atoms with van der Waals surface area (Å²) >= 11 is 1.39. The van der Waals surface area contributed by atoms with E-state index < -0.39 is 0 Å². The smallest absolute Gasteiger partial charge is 0.264 e. The molecule has 0 aliphatic carbocycles. The van der Waals surface area contributed by atoms with E-state index in [0.29, 0.717) is 48.4 Å². The Morgan fingerprint density at radius 3 is 2.49 bits per heavy atom. The first kappa shape index (κ1) is 22.9. The molecule has 1 aliphatic heterocycles. The van der Waals surface area contributed by atoms with Crippen molar-refractivity contribution in [1.29, 1.82) is 0 Å². The van der Waals surface area contributed by atoms with Crippen molar-refractivity contribution < 1.29 is 13.7 Å². The van der Waals surface area contributed by atoms with E-state index in [1.165, 1.54) is 28.6 Å². The number of piperazine rings is 1. The molecule has 1 fully saturated rings. The number of carbonyl (C=O) groups excluding carboxylic acids is 1. The third-order valence-corrected chi connectivity index (χ3v) is 6.61. The van der Waals surface area contributed by atoms with Gasteiger partial charge in [-0.3, -0.25) is 4.79 Å².